The molecule has 0 radical (unpaired) electrons. The van der Waals surface area contributed by atoms with Gasteiger partial charge in [0.2, 0.25) is 11.8 Å². The maximum atomic E-state index is 13.1. The zero-order chi connectivity index (χ0) is 27.9. The van der Waals surface area contributed by atoms with Crippen LogP contribution < -0.4 is 16.0 Å². The molecule has 0 aliphatic heterocycles. The number of rotatable bonds is 14. The number of nitrogens with one attached hydrogen (secondary N) is 3. The molecule has 1 aliphatic carbocycles. The third-order valence-electron chi connectivity index (χ3n) is 6.47. The van der Waals surface area contributed by atoms with Gasteiger partial charge < -0.3 is 35.5 Å². The largest absolute Gasteiger partial charge is 0.465 e. The number of carbonyl (C=O) groups is 5. The van der Waals surface area contributed by atoms with E-state index in [9.17, 15) is 24.0 Å². The van der Waals surface area contributed by atoms with E-state index in [4.69, 9.17) is 21.4 Å². The molecule has 1 saturated carbocycles. The van der Waals surface area contributed by atoms with Gasteiger partial charge >= 0.3 is 12.2 Å². The highest BCUT2D eigenvalue weighted by atomic mass is 35.5. The number of carboxylic acid groups (broad SMARTS) is 1. The topological polar surface area (TPSA) is 154 Å². The van der Waals surface area contributed by atoms with Crippen LogP contribution in [-0.2, 0) is 25.7 Å². The summed E-state index contributed by atoms with van der Waals surface area (Å²) in [6.45, 7) is 0.236. The third kappa shape index (κ3) is 11.8. The summed E-state index contributed by atoms with van der Waals surface area (Å²) in [5.41, 5.74) is 0.704. The molecule has 0 bridgehead atoms. The first-order chi connectivity index (χ1) is 18.2. The molecule has 2 unspecified atom stereocenters. The second-order valence-electron chi connectivity index (χ2n) is 9.48. The summed E-state index contributed by atoms with van der Waals surface area (Å²) in [5, 5.41) is 16.6. The minimum Gasteiger partial charge on any atom is -0.465 e. The van der Waals surface area contributed by atoms with E-state index in [0.717, 1.165) is 32.1 Å². The van der Waals surface area contributed by atoms with E-state index < -0.39 is 30.2 Å². The van der Waals surface area contributed by atoms with Crippen LogP contribution in [0.15, 0.2) is 24.3 Å². The van der Waals surface area contributed by atoms with Crippen molar-refractivity contribution < 1.29 is 33.8 Å². The highest BCUT2D eigenvalue weighted by molar-refractivity contribution is 6.30. The zero-order valence-corrected chi connectivity index (χ0v) is 22.4. The summed E-state index contributed by atoms with van der Waals surface area (Å²) in [7, 11) is 1.53. The van der Waals surface area contributed by atoms with Gasteiger partial charge in [0.25, 0.3) is 0 Å². The second kappa shape index (κ2) is 16.5. The van der Waals surface area contributed by atoms with Crippen LogP contribution in [0.2, 0.25) is 5.02 Å². The van der Waals surface area contributed by atoms with Crippen LogP contribution in [0.5, 0.6) is 0 Å². The molecule has 2 atom stereocenters. The molecule has 38 heavy (non-hydrogen) atoms. The molecule has 0 saturated heterocycles. The molecule has 2 rings (SSSR count). The minimum atomic E-state index is -1.18. The first kappa shape index (κ1) is 30.9. The van der Waals surface area contributed by atoms with E-state index >= 15 is 0 Å². The predicted molar refractivity (Wildman–Crippen MR) is 141 cm³/mol. The Kier molecular flexibility index (Phi) is 13.4. The Bertz CT molecular complexity index is 955. The van der Waals surface area contributed by atoms with Crippen molar-refractivity contribution in [3.8, 4) is 0 Å². The molecule has 210 valence electrons. The van der Waals surface area contributed by atoms with Gasteiger partial charge in [-0.05, 0) is 36.5 Å². The maximum absolute atomic E-state index is 13.1. The maximum Gasteiger partial charge on any atom is 0.408 e. The smallest absolute Gasteiger partial charge is 0.408 e. The van der Waals surface area contributed by atoms with E-state index in [0.29, 0.717) is 23.3 Å². The zero-order valence-electron chi connectivity index (χ0n) is 21.6. The molecule has 11 nitrogen and oxygen atoms in total. The molecule has 1 aromatic rings. The number of likely N-dealkylation sites (N-methyl/N-ethyl adjacent to an activating group) is 1. The molecule has 1 aromatic carbocycles. The van der Waals surface area contributed by atoms with Gasteiger partial charge in [-0.15, -0.1) is 0 Å². The Morgan fingerprint density at radius 3 is 2.58 bits per heavy atom. The van der Waals surface area contributed by atoms with Gasteiger partial charge in [-0.2, -0.15) is 0 Å². The Morgan fingerprint density at radius 1 is 1.18 bits per heavy atom. The molecular weight excluding hydrogens is 516 g/mol. The second-order valence-corrected chi connectivity index (χ2v) is 9.92. The summed E-state index contributed by atoms with van der Waals surface area (Å²) < 4.78 is 5.29. The summed E-state index contributed by atoms with van der Waals surface area (Å²) in [6.07, 6.45) is 4.28. The molecule has 4 N–H and O–H groups in total. The lowest BCUT2D eigenvalue weighted by Crippen LogP contribution is -2.51. The van der Waals surface area contributed by atoms with Crippen LogP contribution in [0.3, 0.4) is 0 Å². The van der Waals surface area contributed by atoms with Crippen molar-refractivity contribution in [1.29, 1.82) is 0 Å². The van der Waals surface area contributed by atoms with Gasteiger partial charge in [0, 0.05) is 31.6 Å². The quantitative estimate of drug-likeness (QED) is 0.258. The first-order valence-corrected chi connectivity index (χ1v) is 13.2. The van der Waals surface area contributed by atoms with Gasteiger partial charge in [0.15, 0.2) is 0 Å². The van der Waals surface area contributed by atoms with Crippen LogP contribution in [-0.4, -0.2) is 72.5 Å². The normalized spacial score (nSPS) is 15.0. The lowest BCUT2D eigenvalue weighted by molar-refractivity contribution is -0.131. The summed E-state index contributed by atoms with van der Waals surface area (Å²) in [6, 6.07) is 5.08. The first-order valence-electron chi connectivity index (χ1n) is 12.8. The molecule has 0 aromatic heterocycles. The van der Waals surface area contributed by atoms with Crippen molar-refractivity contribution in [3.05, 3.63) is 34.9 Å². The van der Waals surface area contributed by atoms with E-state index in [1.54, 1.807) is 24.3 Å². The molecule has 1 aliphatic rings. The number of nitrogens with zero attached hydrogens (tertiary/aromatic N) is 1. The SMILES string of the molecule is CN(CCNC(=O)O)C(=O)CCC(C=O)NC(=O)C(CC1CCCCC1)NC(=O)OCc1cccc(Cl)c1. The fraction of sp³-hybridized carbons (Fsp3) is 0.577. The van der Waals surface area contributed by atoms with Gasteiger partial charge in [-0.3, -0.25) is 9.59 Å². The number of amides is 4. The van der Waals surface area contributed by atoms with Gasteiger partial charge in [0.05, 0.1) is 6.04 Å². The van der Waals surface area contributed by atoms with Crippen LogP contribution in [0.25, 0.3) is 0 Å². The van der Waals surface area contributed by atoms with Crippen LogP contribution in [0.4, 0.5) is 9.59 Å². The summed E-state index contributed by atoms with van der Waals surface area (Å²) in [5.74, 6) is -0.546. The van der Waals surface area contributed by atoms with Crippen molar-refractivity contribution >= 4 is 41.9 Å². The fourth-order valence-electron chi connectivity index (χ4n) is 4.33. The number of benzene rings is 1. The lowest BCUT2D eigenvalue weighted by atomic mass is 9.84. The van der Waals surface area contributed by atoms with E-state index in [-0.39, 0.29) is 44.4 Å². The molecule has 4 amide bonds. The van der Waals surface area contributed by atoms with Crippen LogP contribution in [0, 0.1) is 5.92 Å². The Labute approximate surface area is 227 Å². The molecular formula is C26H37ClN4O7. The van der Waals surface area contributed by atoms with E-state index in [1.165, 1.54) is 11.9 Å². The van der Waals surface area contributed by atoms with Crippen molar-refractivity contribution in [2.24, 2.45) is 5.92 Å². The van der Waals surface area contributed by atoms with Crippen molar-refractivity contribution in [2.45, 2.75) is 70.1 Å². The highest BCUT2D eigenvalue weighted by Crippen LogP contribution is 2.27. The highest BCUT2D eigenvalue weighted by Gasteiger charge is 2.28. The van der Waals surface area contributed by atoms with Crippen molar-refractivity contribution in [3.63, 3.8) is 0 Å². The number of carbonyl (C=O) groups excluding carboxylic acids is 4. The molecule has 0 spiro atoms. The number of hydrogen-bond acceptors (Lipinski definition) is 6. The van der Waals surface area contributed by atoms with Gasteiger partial charge in [-0.1, -0.05) is 55.8 Å². The average Bonchev–Trinajstić information content (AvgIpc) is 2.89. The van der Waals surface area contributed by atoms with Crippen molar-refractivity contribution in [2.75, 3.05) is 20.1 Å². The average molecular weight is 553 g/mol. The third-order valence-corrected chi connectivity index (χ3v) is 6.71. The number of halogens is 1. The van der Waals surface area contributed by atoms with Gasteiger partial charge in [0.1, 0.15) is 18.9 Å². The number of alkyl carbamates (subject to hydrolysis) is 1. The summed E-state index contributed by atoms with van der Waals surface area (Å²) in [4.78, 5) is 61.5. The van der Waals surface area contributed by atoms with Crippen molar-refractivity contribution in [1.82, 2.24) is 20.9 Å². The minimum absolute atomic E-state index is 0.0151. The standard InChI is InChI=1S/C26H37ClN4O7/c1-31(13-12-28-25(35)36)23(33)11-10-21(16-32)29-24(34)22(15-18-6-3-2-4-7-18)30-26(37)38-17-19-8-5-9-20(27)14-19/h5,8-9,14,16,18,21-22,28H,2-4,6-7,10-13,15,17H2,1H3,(H,29,34)(H,30,37)(H,35,36). The lowest BCUT2D eigenvalue weighted by Gasteiger charge is -2.27. The number of hydrogen-bond donors (Lipinski definition) is 4. The van der Waals surface area contributed by atoms with Crippen LogP contribution >= 0.6 is 11.6 Å². The monoisotopic (exact) mass is 552 g/mol. The Morgan fingerprint density at radius 2 is 1.92 bits per heavy atom. The Hall–Kier alpha value is -3.34. The fourth-order valence-corrected chi connectivity index (χ4v) is 4.54. The van der Waals surface area contributed by atoms with Gasteiger partial charge in [-0.25, -0.2) is 9.59 Å². The van der Waals surface area contributed by atoms with E-state index in [1.807, 2.05) is 0 Å². The molecule has 0 heterocycles. The van der Waals surface area contributed by atoms with Crippen LogP contribution in [0.1, 0.15) is 56.9 Å². The predicted octanol–water partition coefficient (Wildman–Crippen LogP) is 3.10. The summed E-state index contributed by atoms with van der Waals surface area (Å²) >= 11 is 5.97. The Balaban J connectivity index is 1.92. The molecule has 1 fully saturated rings. The number of aldehydes is 1. The van der Waals surface area contributed by atoms with E-state index in [2.05, 4.69) is 16.0 Å². The molecule has 12 heteroatoms. The number of ether oxygens (including phenoxy) is 1.